The summed E-state index contributed by atoms with van der Waals surface area (Å²) in [6, 6.07) is 8.54. The monoisotopic (exact) mass is 603 g/mol. The Morgan fingerprint density at radius 1 is 0.905 bits per heavy atom. The highest BCUT2D eigenvalue weighted by Gasteiger charge is 2.40. The van der Waals surface area contributed by atoms with Gasteiger partial charge in [-0.25, -0.2) is 8.78 Å². The molecule has 3 aliphatic heterocycles. The lowest BCUT2D eigenvalue weighted by molar-refractivity contribution is -0.152. The van der Waals surface area contributed by atoms with E-state index in [2.05, 4.69) is 10.2 Å². The SMILES string of the molecule is CC(=O)N1CCN(C(=O)c2ccc(NC3CN(C4CCN(C(=O)[C@@](C)(O)c5cc(F)cc(F)c5)CC4)C3)cc2Cl)CC1. The second-order valence-corrected chi connectivity index (χ2v) is 11.9. The molecule has 0 radical (unpaired) electrons. The summed E-state index contributed by atoms with van der Waals surface area (Å²) >= 11 is 6.49. The topological polar surface area (TPSA) is 96.4 Å². The van der Waals surface area contributed by atoms with E-state index < -0.39 is 23.1 Å². The van der Waals surface area contributed by atoms with Gasteiger partial charge in [0.1, 0.15) is 11.6 Å². The van der Waals surface area contributed by atoms with Crippen LogP contribution in [0.25, 0.3) is 0 Å². The van der Waals surface area contributed by atoms with Gasteiger partial charge in [0.2, 0.25) is 5.91 Å². The van der Waals surface area contributed by atoms with E-state index in [1.807, 2.05) is 6.07 Å². The van der Waals surface area contributed by atoms with Crippen LogP contribution < -0.4 is 5.32 Å². The van der Waals surface area contributed by atoms with Crippen molar-refractivity contribution >= 4 is 35.0 Å². The fourth-order valence-corrected chi connectivity index (χ4v) is 6.27. The number of nitrogens with one attached hydrogen (secondary N) is 1. The lowest BCUT2D eigenvalue weighted by atomic mass is 9.91. The summed E-state index contributed by atoms with van der Waals surface area (Å²) in [6.45, 7) is 7.32. The van der Waals surface area contributed by atoms with Crippen LogP contribution in [0.4, 0.5) is 14.5 Å². The number of hydrogen-bond acceptors (Lipinski definition) is 6. The van der Waals surface area contributed by atoms with Gasteiger partial charge in [0.25, 0.3) is 11.8 Å². The Hall–Kier alpha value is -3.28. The van der Waals surface area contributed by atoms with Gasteiger partial charge in [-0.05, 0) is 55.7 Å². The van der Waals surface area contributed by atoms with Crippen LogP contribution >= 0.6 is 11.6 Å². The Balaban J connectivity index is 1.08. The van der Waals surface area contributed by atoms with Crippen LogP contribution in [0, 0.1) is 11.6 Å². The van der Waals surface area contributed by atoms with Crippen molar-refractivity contribution in [1.29, 1.82) is 0 Å². The molecule has 9 nitrogen and oxygen atoms in total. The Morgan fingerprint density at radius 2 is 1.50 bits per heavy atom. The van der Waals surface area contributed by atoms with E-state index in [-0.39, 0.29) is 29.5 Å². The number of piperazine rings is 1. The highest BCUT2D eigenvalue weighted by molar-refractivity contribution is 6.34. The number of anilines is 1. The minimum Gasteiger partial charge on any atom is -0.380 e. The van der Waals surface area contributed by atoms with Gasteiger partial charge in [0.05, 0.1) is 16.6 Å². The molecule has 0 bridgehead atoms. The van der Waals surface area contributed by atoms with E-state index in [1.54, 1.807) is 26.8 Å². The number of benzene rings is 2. The predicted octanol–water partition coefficient (Wildman–Crippen LogP) is 2.92. The molecule has 2 N–H and O–H groups in total. The summed E-state index contributed by atoms with van der Waals surface area (Å²) in [7, 11) is 0. The van der Waals surface area contributed by atoms with E-state index in [1.165, 1.54) is 13.8 Å². The maximum Gasteiger partial charge on any atom is 0.258 e. The number of piperidine rings is 1. The van der Waals surface area contributed by atoms with Gasteiger partial charge in [-0.1, -0.05) is 11.6 Å². The third-order valence-electron chi connectivity index (χ3n) is 8.60. The average Bonchev–Trinajstić information content (AvgIpc) is 2.93. The zero-order valence-electron chi connectivity index (χ0n) is 23.8. The van der Waals surface area contributed by atoms with Crippen LogP contribution in [0.3, 0.4) is 0 Å². The molecule has 3 amide bonds. The van der Waals surface area contributed by atoms with Crippen LogP contribution in [-0.2, 0) is 15.2 Å². The maximum absolute atomic E-state index is 13.7. The quantitative estimate of drug-likeness (QED) is 0.527. The molecule has 226 valence electrons. The fourth-order valence-electron chi connectivity index (χ4n) is 6.01. The molecule has 1 atom stereocenters. The number of rotatable bonds is 6. The van der Waals surface area contributed by atoms with Crippen molar-refractivity contribution in [2.24, 2.45) is 0 Å². The Kier molecular flexibility index (Phi) is 8.73. The number of hydrogen-bond donors (Lipinski definition) is 2. The van der Waals surface area contributed by atoms with E-state index >= 15 is 0 Å². The van der Waals surface area contributed by atoms with Gasteiger partial charge in [-0.3, -0.25) is 19.3 Å². The average molecular weight is 604 g/mol. The molecule has 0 aliphatic carbocycles. The van der Waals surface area contributed by atoms with E-state index in [0.29, 0.717) is 55.9 Å². The highest BCUT2D eigenvalue weighted by atomic mass is 35.5. The minimum absolute atomic E-state index is 0.0105. The third kappa shape index (κ3) is 6.38. The van der Waals surface area contributed by atoms with Crippen molar-refractivity contribution in [2.75, 3.05) is 57.7 Å². The van der Waals surface area contributed by atoms with E-state index in [9.17, 15) is 28.3 Å². The minimum atomic E-state index is -2.02. The zero-order chi connectivity index (χ0) is 30.2. The maximum atomic E-state index is 13.7. The van der Waals surface area contributed by atoms with Crippen LogP contribution in [-0.4, -0.2) is 107 Å². The summed E-state index contributed by atoms with van der Waals surface area (Å²) in [5, 5.41) is 14.7. The standard InChI is InChI=1S/C30H36ClF2N5O4/c1-19(39)35-9-11-36(12-10-35)28(40)26-4-3-23(16-27(26)31)34-24-17-38(18-24)25-5-7-37(8-6-25)29(41)30(2,42)20-13-21(32)15-22(33)14-20/h3-4,13-16,24-25,34,42H,5-12,17-18H2,1-2H3/t30-/m0/s1. The molecule has 5 rings (SSSR count). The fraction of sp³-hybridized carbons (Fsp3) is 0.500. The van der Waals surface area contributed by atoms with Crippen LogP contribution in [0.5, 0.6) is 0 Å². The molecule has 3 heterocycles. The summed E-state index contributed by atoms with van der Waals surface area (Å²) in [5.74, 6) is -2.38. The smallest absolute Gasteiger partial charge is 0.258 e. The molecular formula is C30H36ClF2N5O4. The Morgan fingerprint density at radius 3 is 2.07 bits per heavy atom. The molecule has 3 saturated heterocycles. The molecule has 2 aromatic carbocycles. The number of nitrogens with zero attached hydrogens (tertiary/aromatic N) is 4. The summed E-state index contributed by atoms with van der Waals surface area (Å²) in [4.78, 5) is 44.9. The second kappa shape index (κ2) is 12.1. The predicted molar refractivity (Wildman–Crippen MR) is 154 cm³/mol. The largest absolute Gasteiger partial charge is 0.380 e. The molecule has 0 spiro atoms. The first kappa shape index (κ1) is 30.2. The van der Waals surface area contributed by atoms with Gasteiger partial charge < -0.3 is 25.1 Å². The van der Waals surface area contributed by atoms with Crippen LogP contribution in [0.2, 0.25) is 5.02 Å². The summed E-state index contributed by atoms with van der Waals surface area (Å²) in [6.07, 6.45) is 1.46. The number of carbonyl (C=O) groups excluding carboxylic acids is 3. The van der Waals surface area contributed by atoms with Crippen LogP contribution in [0.1, 0.15) is 42.6 Å². The molecular weight excluding hydrogens is 568 g/mol. The number of aliphatic hydroxyl groups is 1. The lowest BCUT2D eigenvalue weighted by Gasteiger charge is -2.48. The molecule has 12 heteroatoms. The number of amides is 3. The summed E-state index contributed by atoms with van der Waals surface area (Å²) < 4.78 is 27.3. The number of halogens is 3. The summed E-state index contributed by atoms with van der Waals surface area (Å²) in [5.41, 5.74) is -0.850. The van der Waals surface area contributed by atoms with Gasteiger partial charge in [0.15, 0.2) is 5.60 Å². The number of likely N-dealkylation sites (tertiary alicyclic amines) is 2. The van der Waals surface area contributed by atoms with Crippen molar-refractivity contribution in [1.82, 2.24) is 19.6 Å². The Bertz CT molecular complexity index is 1330. The van der Waals surface area contributed by atoms with Crippen molar-refractivity contribution in [3.05, 3.63) is 64.2 Å². The lowest BCUT2D eigenvalue weighted by Crippen LogP contribution is -2.61. The van der Waals surface area contributed by atoms with E-state index in [0.717, 1.165) is 43.8 Å². The molecule has 42 heavy (non-hydrogen) atoms. The third-order valence-corrected chi connectivity index (χ3v) is 8.91. The van der Waals surface area contributed by atoms with Gasteiger partial charge in [-0.15, -0.1) is 0 Å². The first-order valence-corrected chi connectivity index (χ1v) is 14.6. The molecule has 0 saturated carbocycles. The molecule has 0 aromatic heterocycles. The van der Waals surface area contributed by atoms with Gasteiger partial charge in [-0.2, -0.15) is 0 Å². The highest BCUT2D eigenvalue weighted by Crippen LogP contribution is 2.30. The molecule has 3 aliphatic rings. The first-order valence-electron chi connectivity index (χ1n) is 14.3. The Labute approximate surface area is 249 Å². The van der Waals surface area contributed by atoms with Crippen molar-refractivity contribution in [3.8, 4) is 0 Å². The molecule has 2 aromatic rings. The second-order valence-electron chi connectivity index (χ2n) is 11.5. The van der Waals surface area contributed by atoms with Crippen molar-refractivity contribution in [2.45, 2.75) is 44.4 Å². The first-order chi connectivity index (χ1) is 19.9. The van der Waals surface area contributed by atoms with Gasteiger partial charge >= 0.3 is 0 Å². The molecule has 3 fully saturated rings. The molecule has 0 unspecified atom stereocenters. The normalized spacial score (nSPS) is 20.2. The van der Waals surface area contributed by atoms with Gasteiger partial charge in [0, 0.05) is 77.1 Å². The zero-order valence-corrected chi connectivity index (χ0v) is 24.5. The number of carbonyl (C=O) groups is 3. The van der Waals surface area contributed by atoms with E-state index in [4.69, 9.17) is 11.6 Å². The van der Waals surface area contributed by atoms with Crippen molar-refractivity contribution in [3.63, 3.8) is 0 Å². The van der Waals surface area contributed by atoms with Crippen LogP contribution in [0.15, 0.2) is 36.4 Å². The van der Waals surface area contributed by atoms with Crippen molar-refractivity contribution < 1.29 is 28.3 Å².